The predicted octanol–water partition coefficient (Wildman–Crippen LogP) is 2.69. The predicted molar refractivity (Wildman–Crippen MR) is 77.9 cm³/mol. The monoisotopic (exact) mass is 246 g/mol. The second-order valence-electron chi connectivity index (χ2n) is 5.31. The number of benzene rings is 1. The van der Waals surface area contributed by atoms with Crippen molar-refractivity contribution in [3.8, 4) is 0 Å². The lowest BCUT2D eigenvalue weighted by Crippen LogP contribution is -2.43. The maximum absolute atomic E-state index is 3.64. The maximum atomic E-state index is 3.64. The Morgan fingerprint density at radius 1 is 1.17 bits per heavy atom. The number of nitrogens with zero attached hydrogens (tertiary/aromatic N) is 1. The van der Waals surface area contributed by atoms with E-state index in [1.807, 2.05) is 0 Å². The zero-order chi connectivity index (χ0) is 12.6. The zero-order valence-electron chi connectivity index (χ0n) is 11.6. The molecule has 1 fully saturated rings. The molecule has 1 aromatic carbocycles. The summed E-state index contributed by atoms with van der Waals surface area (Å²) in [7, 11) is 0. The Kier molecular flexibility index (Phi) is 5.69. The Bertz CT molecular complexity index is 315. The van der Waals surface area contributed by atoms with E-state index in [2.05, 4.69) is 47.5 Å². The second kappa shape index (κ2) is 7.55. The van der Waals surface area contributed by atoms with E-state index in [4.69, 9.17) is 0 Å². The van der Waals surface area contributed by atoms with Crippen LogP contribution in [0.5, 0.6) is 0 Å². The SMILES string of the molecule is CCCNC1CCN(CCc2ccccc2)CC1. The summed E-state index contributed by atoms with van der Waals surface area (Å²) in [5.74, 6) is 0. The van der Waals surface area contributed by atoms with Crippen LogP contribution in [0.3, 0.4) is 0 Å². The van der Waals surface area contributed by atoms with Gasteiger partial charge < -0.3 is 10.2 Å². The van der Waals surface area contributed by atoms with Gasteiger partial charge in [-0.3, -0.25) is 0 Å². The Morgan fingerprint density at radius 2 is 1.89 bits per heavy atom. The fourth-order valence-electron chi connectivity index (χ4n) is 2.64. The molecular weight excluding hydrogens is 220 g/mol. The zero-order valence-corrected chi connectivity index (χ0v) is 11.6. The Morgan fingerprint density at radius 3 is 2.56 bits per heavy atom. The van der Waals surface area contributed by atoms with Gasteiger partial charge in [0.1, 0.15) is 0 Å². The van der Waals surface area contributed by atoms with Crippen LogP contribution in [0.1, 0.15) is 31.7 Å². The van der Waals surface area contributed by atoms with Crippen LogP contribution in [-0.4, -0.2) is 37.1 Å². The first-order valence-electron chi connectivity index (χ1n) is 7.38. The third-order valence-electron chi connectivity index (χ3n) is 3.83. The van der Waals surface area contributed by atoms with Crippen molar-refractivity contribution in [1.29, 1.82) is 0 Å². The van der Waals surface area contributed by atoms with Gasteiger partial charge in [-0.2, -0.15) is 0 Å². The van der Waals surface area contributed by atoms with E-state index in [1.165, 1.54) is 57.4 Å². The van der Waals surface area contributed by atoms with Crippen LogP contribution in [0.4, 0.5) is 0 Å². The molecule has 100 valence electrons. The summed E-state index contributed by atoms with van der Waals surface area (Å²) in [6.45, 7) is 7.14. The van der Waals surface area contributed by atoms with Crippen molar-refractivity contribution in [2.45, 2.75) is 38.6 Å². The van der Waals surface area contributed by atoms with Crippen LogP contribution in [-0.2, 0) is 6.42 Å². The molecule has 1 aliphatic heterocycles. The smallest absolute Gasteiger partial charge is 0.00914 e. The summed E-state index contributed by atoms with van der Waals surface area (Å²) in [6, 6.07) is 11.6. The molecule has 0 aliphatic carbocycles. The molecule has 2 heteroatoms. The number of rotatable bonds is 6. The highest BCUT2D eigenvalue weighted by Crippen LogP contribution is 2.11. The molecule has 1 N–H and O–H groups in total. The molecule has 1 saturated heterocycles. The molecule has 0 atom stereocenters. The van der Waals surface area contributed by atoms with Gasteiger partial charge in [0, 0.05) is 12.6 Å². The topological polar surface area (TPSA) is 15.3 Å². The van der Waals surface area contributed by atoms with Gasteiger partial charge >= 0.3 is 0 Å². The fraction of sp³-hybridized carbons (Fsp3) is 0.625. The van der Waals surface area contributed by atoms with E-state index in [9.17, 15) is 0 Å². The quantitative estimate of drug-likeness (QED) is 0.830. The van der Waals surface area contributed by atoms with Gasteiger partial charge in [-0.05, 0) is 50.9 Å². The number of piperidine rings is 1. The summed E-state index contributed by atoms with van der Waals surface area (Å²) in [6.07, 6.45) is 5.06. The van der Waals surface area contributed by atoms with Gasteiger partial charge in [0.25, 0.3) is 0 Å². The van der Waals surface area contributed by atoms with Crippen molar-refractivity contribution < 1.29 is 0 Å². The van der Waals surface area contributed by atoms with Crippen molar-refractivity contribution in [3.63, 3.8) is 0 Å². The van der Waals surface area contributed by atoms with Gasteiger partial charge in [-0.1, -0.05) is 37.3 Å². The van der Waals surface area contributed by atoms with Crippen LogP contribution >= 0.6 is 0 Å². The molecule has 18 heavy (non-hydrogen) atoms. The summed E-state index contributed by atoms with van der Waals surface area (Å²) in [5, 5.41) is 3.64. The van der Waals surface area contributed by atoms with Gasteiger partial charge in [0.05, 0.1) is 0 Å². The standard InChI is InChI=1S/C16H26N2/c1-2-11-17-16-9-13-18(14-10-16)12-8-15-6-4-3-5-7-15/h3-7,16-17H,2,8-14H2,1H3. The highest BCUT2D eigenvalue weighted by Gasteiger charge is 2.17. The third kappa shape index (κ3) is 4.43. The van der Waals surface area contributed by atoms with Gasteiger partial charge in [0.15, 0.2) is 0 Å². The van der Waals surface area contributed by atoms with E-state index < -0.39 is 0 Å². The minimum atomic E-state index is 0.762. The highest BCUT2D eigenvalue weighted by atomic mass is 15.1. The first-order chi connectivity index (χ1) is 8.88. The van der Waals surface area contributed by atoms with Gasteiger partial charge in [0.2, 0.25) is 0 Å². The van der Waals surface area contributed by atoms with E-state index >= 15 is 0 Å². The van der Waals surface area contributed by atoms with Gasteiger partial charge in [-0.15, -0.1) is 0 Å². The summed E-state index contributed by atoms with van der Waals surface area (Å²) in [5.41, 5.74) is 1.46. The normalized spacial score (nSPS) is 18.1. The van der Waals surface area contributed by atoms with Gasteiger partial charge in [-0.25, -0.2) is 0 Å². The van der Waals surface area contributed by atoms with Crippen LogP contribution in [0.25, 0.3) is 0 Å². The number of nitrogens with one attached hydrogen (secondary N) is 1. The summed E-state index contributed by atoms with van der Waals surface area (Å²) < 4.78 is 0. The van der Waals surface area contributed by atoms with Crippen molar-refractivity contribution in [2.75, 3.05) is 26.2 Å². The summed E-state index contributed by atoms with van der Waals surface area (Å²) in [4.78, 5) is 2.61. The minimum absolute atomic E-state index is 0.762. The molecule has 0 saturated carbocycles. The first kappa shape index (κ1) is 13.6. The van der Waals surface area contributed by atoms with E-state index in [0.717, 1.165) is 6.04 Å². The van der Waals surface area contributed by atoms with Crippen molar-refractivity contribution in [1.82, 2.24) is 10.2 Å². The maximum Gasteiger partial charge on any atom is 0.00914 e. The fourth-order valence-corrected chi connectivity index (χ4v) is 2.64. The lowest BCUT2D eigenvalue weighted by Gasteiger charge is -2.32. The molecule has 0 aromatic heterocycles. The number of likely N-dealkylation sites (tertiary alicyclic amines) is 1. The van der Waals surface area contributed by atoms with E-state index in [-0.39, 0.29) is 0 Å². The highest BCUT2D eigenvalue weighted by molar-refractivity contribution is 5.14. The van der Waals surface area contributed by atoms with E-state index in [0.29, 0.717) is 0 Å². The van der Waals surface area contributed by atoms with Crippen LogP contribution in [0.15, 0.2) is 30.3 Å². The first-order valence-corrected chi connectivity index (χ1v) is 7.38. The Hall–Kier alpha value is -0.860. The van der Waals surface area contributed by atoms with Crippen LogP contribution in [0.2, 0.25) is 0 Å². The molecule has 0 amide bonds. The molecular formula is C16H26N2. The lowest BCUT2D eigenvalue weighted by atomic mass is 10.0. The number of hydrogen-bond donors (Lipinski definition) is 1. The second-order valence-corrected chi connectivity index (χ2v) is 5.31. The minimum Gasteiger partial charge on any atom is -0.314 e. The van der Waals surface area contributed by atoms with Crippen LogP contribution in [0, 0.1) is 0 Å². The molecule has 0 spiro atoms. The lowest BCUT2D eigenvalue weighted by molar-refractivity contribution is 0.200. The molecule has 1 aliphatic rings. The largest absolute Gasteiger partial charge is 0.314 e. The van der Waals surface area contributed by atoms with Crippen LogP contribution < -0.4 is 5.32 Å². The Labute approximate surface area is 111 Å². The van der Waals surface area contributed by atoms with E-state index in [1.54, 1.807) is 0 Å². The average Bonchev–Trinajstić information content (AvgIpc) is 2.45. The third-order valence-corrected chi connectivity index (χ3v) is 3.83. The molecule has 0 radical (unpaired) electrons. The molecule has 2 rings (SSSR count). The summed E-state index contributed by atoms with van der Waals surface area (Å²) >= 11 is 0. The Balaban J connectivity index is 1.65. The molecule has 0 unspecified atom stereocenters. The molecule has 2 nitrogen and oxygen atoms in total. The molecule has 0 bridgehead atoms. The molecule has 1 aromatic rings. The van der Waals surface area contributed by atoms with Crippen molar-refractivity contribution >= 4 is 0 Å². The molecule has 1 heterocycles. The number of hydrogen-bond acceptors (Lipinski definition) is 2. The average molecular weight is 246 g/mol. The van der Waals surface area contributed by atoms with Crippen molar-refractivity contribution in [3.05, 3.63) is 35.9 Å². The van der Waals surface area contributed by atoms with Crippen molar-refractivity contribution in [2.24, 2.45) is 0 Å².